The minimum Gasteiger partial charge on any atom is -0.334 e. The zero-order chi connectivity index (χ0) is 12.4. The molecular formula is C9H7FN4O3. The summed E-state index contributed by atoms with van der Waals surface area (Å²) in [6.45, 7) is 0.0676. The number of aromatic nitrogens is 2. The van der Waals surface area contributed by atoms with E-state index in [4.69, 9.17) is 10.3 Å². The Bertz CT molecular complexity index is 569. The smallest absolute Gasteiger partial charge is 0.272 e. The van der Waals surface area contributed by atoms with E-state index in [1.807, 2.05) is 0 Å². The topological polar surface area (TPSA) is 108 Å². The van der Waals surface area contributed by atoms with Crippen LogP contribution in [0.2, 0.25) is 0 Å². The molecule has 0 aliphatic heterocycles. The van der Waals surface area contributed by atoms with Crippen LogP contribution in [0.3, 0.4) is 0 Å². The van der Waals surface area contributed by atoms with Crippen LogP contribution < -0.4 is 5.73 Å². The maximum Gasteiger partial charge on any atom is 0.272 e. The van der Waals surface area contributed by atoms with E-state index in [-0.39, 0.29) is 29.5 Å². The quantitative estimate of drug-likeness (QED) is 0.636. The molecule has 0 unspecified atom stereocenters. The summed E-state index contributed by atoms with van der Waals surface area (Å²) in [5.74, 6) is -0.623. The molecule has 0 atom stereocenters. The molecule has 0 spiro atoms. The minimum absolute atomic E-state index is 0.00259. The lowest BCUT2D eigenvalue weighted by molar-refractivity contribution is -0.385. The van der Waals surface area contributed by atoms with Crippen molar-refractivity contribution in [3.63, 3.8) is 0 Å². The Hall–Kier alpha value is -2.35. The van der Waals surface area contributed by atoms with Crippen LogP contribution in [0.1, 0.15) is 5.82 Å². The second-order valence-electron chi connectivity index (χ2n) is 3.14. The molecule has 0 saturated carbocycles. The van der Waals surface area contributed by atoms with Crippen molar-refractivity contribution in [2.24, 2.45) is 5.73 Å². The maximum absolute atomic E-state index is 13.5. The summed E-state index contributed by atoms with van der Waals surface area (Å²) in [6, 6.07) is 3.16. The van der Waals surface area contributed by atoms with Crippen molar-refractivity contribution >= 4 is 5.69 Å². The third kappa shape index (κ3) is 2.11. The van der Waals surface area contributed by atoms with Gasteiger partial charge in [0.05, 0.1) is 23.1 Å². The first kappa shape index (κ1) is 11.1. The summed E-state index contributed by atoms with van der Waals surface area (Å²) in [7, 11) is 0. The van der Waals surface area contributed by atoms with Gasteiger partial charge in [-0.1, -0.05) is 5.16 Å². The van der Waals surface area contributed by atoms with Gasteiger partial charge in [-0.25, -0.2) is 4.39 Å². The molecule has 0 radical (unpaired) electrons. The zero-order valence-corrected chi connectivity index (χ0v) is 8.46. The largest absolute Gasteiger partial charge is 0.334 e. The molecule has 0 fully saturated rings. The van der Waals surface area contributed by atoms with Gasteiger partial charge in [0, 0.05) is 6.07 Å². The van der Waals surface area contributed by atoms with E-state index in [0.29, 0.717) is 0 Å². The van der Waals surface area contributed by atoms with Gasteiger partial charge < -0.3 is 10.3 Å². The fraction of sp³-hybridized carbons (Fsp3) is 0.111. The highest BCUT2D eigenvalue weighted by molar-refractivity contribution is 5.56. The van der Waals surface area contributed by atoms with Crippen molar-refractivity contribution in [1.29, 1.82) is 0 Å². The van der Waals surface area contributed by atoms with Gasteiger partial charge in [-0.15, -0.1) is 0 Å². The van der Waals surface area contributed by atoms with Gasteiger partial charge in [-0.3, -0.25) is 10.1 Å². The number of nitrogens with two attached hydrogens (primary N) is 1. The second kappa shape index (κ2) is 4.26. The first-order valence-corrected chi connectivity index (χ1v) is 4.59. The fourth-order valence-electron chi connectivity index (χ4n) is 1.24. The third-order valence-corrected chi connectivity index (χ3v) is 2.04. The lowest BCUT2D eigenvalue weighted by atomic mass is 10.2. The molecule has 8 heteroatoms. The van der Waals surface area contributed by atoms with Crippen LogP contribution >= 0.6 is 0 Å². The van der Waals surface area contributed by atoms with Gasteiger partial charge in [0.25, 0.3) is 11.6 Å². The summed E-state index contributed by atoms with van der Waals surface area (Å²) in [5, 5.41) is 13.9. The number of halogens is 1. The van der Waals surface area contributed by atoms with Crippen molar-refractivity contribution in [2.75, 3.05) is 0 Å². The Morgan fingerprint density at radius 3 is 2.82 bits per heavy atom. The van der Waals surface area contributed by atoms with E-state index in [1.165, 1.54) is 6.07 Å². The van der Waals surface area contributed by atoms with Crippen molar-refractivity contribution < 1.29 is 13.8 Å². The van der Waals surface area contributed by atoms with Crippen LogP contribution in [0, 0.1) is 15.9 Å². The monoisotopic (exact) mass is 238 g/mol. The highest BCUT2D eigenvalue weighted by Crippen LogP contribution is 2.24. The van der Waals surface area contributed by atoms with E-state index >= 15 is 0 Å². The van der Waals surface area contributed by atoms with Crippen LogP contribution in [0.25, 0.3) is 11.5 Å². The third-order valence-electron chi connectivity index (χ3n) is 2.04. The van der Waals surface area contributed by atoms with Gasteiger partial charge in [0.1, 0.15) is 5.82 Å². The molecule has 0 amide bonds. The molecule has 2 N–H and O–H groups in total. The van der Waals surface area contributed by atoms with Crippen molar-refractivity contribution in [3.05, 3.63) is 40.0 Å². The number of nitrogens with zero attached hydrogens (tertiary/aromatic N) is 3. The van der Waals surface area contributed by atoms with Crippen molar-refractivity contribution in [2.45, 2.75) is 6.54 Å². The van der Waals surface area contributed by atoms with Gasteiger partial charge in [0.2, 0.25) is 0 Å². The summed E-state index contributed by atoms with van der Waals surface area (Å²) < 4.78 is 18.3. The highest BCUT2D eigenvalue weighted by Gasteiger charge is 2.16. The number of non-ortho nitro benzene ring substituents is 1. The molecule has 0 aliphatic rings. The van der Waals surface area contributed by atoms with Crippen molar-refractivity contribution in [1.82, 2.24) is 10.1 Å². The number of benzene rings is 1. The normalized spacial score (nSPS) is 10.5. The molecule has 1 aromatic heterocycles. The maximum atomic E-state index is 13.5. The Balaban J connectivity index is 2.42. The van der Waals surface area contributed by atoms with E-state index in [1.54, 1.807) is 0 Å². The Morgan fingerprint density at radius 1 is 1.53 bits per heavy atom. The summed E-state index contributed by atoms with van der Waals surface area (Å²) in [4.78, 5) is 13.6. The average molecular weight is 238 g/mol. The number of hydrogen-bond donors (Lipinski definition) is 1. The number of nitro benzene ring substituents is 1. The molecular weight excluding hydrogens is 231 g/mol. The summed E-state index contributed by atoms with van der Waals surface area (Å²) >= 11 is 0. The number of hydrogen-bond acceptors (Lipinski definition) is 6. The predicted molar refractivity (Wildman–Crippen MR) is 54.2 cm³/mol. The molecule has 88 valence electrons. The van der Waals surface area contributed by atoms with Gasteiger partial charge >= 0.3 is 0 Å². The first-order chi connectivity index (χ1) is 8.11. The second-order valence-corrected chi connectivity index (χ2v) is 3.14. The summed E-state index contributed by atoms with van der Waals surface area (Å²) in [6.07, 6.45) is 0. The highest BCUT2D eigenvalue weighted by atomic mass is 19.1. The van der Waals surface area contributed by atoms with Crippen LogP contribution in [-0.4, -0.2) is 15.1 Å². The van der Waals surface area contributed by atoms with E-state index < -0.39 is 10.7 Å². The molecule has 1 aromatic carbocycles. The Labute approximate surface area is 94.2 Å². The minimum atomic E-state index is -0.800. The Kier molecular flexibility index (Phi) is 2.79. The lowest BCUT2D eigenvalue weighted by Gasteiger charge is -1.96. The molecule has 2 rings (SSSR count). The molecule has 0 bridgehead atoms. The summed E-state index contributed by atoms with van der Waals surface area (Å²) in [5.41, 5.74) is 4.93. The van der Waals surface area contributed by atoms with E-state index in [2.05, 4.69) is 10.1 Å². The molecule has 7 nitrogen and oxygen atoms in total. The number of nitro groups is 1. The molecule has 1 heterocycles. The van der Waals surface area contributed by atoms with Crippen LogP contribution in [0.4, 0.5) is 10.1 Å². The van der Waals surface area contributed by atoms with Crippen LogP contribution in [0.5, 0.6) is 0 Å². The van der Waals surface area contributed by atoms with Gasteiger partial charge in [0.15, 0.2) is 5.82 Å². The molecule has 17 heavy (non-hydrogen) atoms. The van der Waals surface area contributed by atoms with Gasteiger partial charge in [-0.05, 0) is 6.07 Å². The molecule has 0 aliphatic carbocycles. The van der Waals surface area contributed by atoms with Crippen LogP contribution in [0.15, 0.2) is 22.7 Å². The molecule has 2 aromatic rings. The van der Waals surface area contributed by atoms with E-state index in [9.17, 15) is 14.5 Å². The number of rotatable bonds is 3. The first-order valence-electron chi connectivity index (χ1n) is 4.59. The van der Waals surface area contributed by atoms with Gasteiger partial charge in [-0.2, -0.15) is 4.98 Å². The SMILES string of the molecule is NCc1noc(-c2ccc([N+](=O)[O-])cc2F)n1. The fourth-order valence-corrected chi connectivity index (χ4v) is 1.24. The van der Waals surface area contributed by atoms with E-state index in [0.717, 1.165) is 12.1 Å². The average Bonchev–Trinajstić information content (AvgIpc) is 2.77. The standard InChI is InChI=1S/C9H7FN4O3/c10-7-3-5(14(15)16)1-2-6(7)9-12-8(4-11)13-17-9/h1-3H,4,11H2. The lowest BCUT2D eigenvalue weighted by Crippen LogP contribution is -1.98. The Morgan fingerprint density at radius 2 is 2.29 bits per heavy atom. The van der Waals surface area contributed by atoms with Crippen molar-refractivity contribution in [3.8, 4) is 11.5 Å². The molecule has 0 saturated heterocycles. The predicted octanol–water partition coefficient (Wildman–Crippen LogP) is 1.24. The zero-order valence-electron chi connectivity index (χ0n) is 8.46. The van der Waals surface area contributed by atoms with Crippen LogP contribution in [-0.2, 0) is 6.54 Å².